The number of aromatic nitrogens is 4. The lowest BCUT2D eigenvalue weighted by atomic mass is 10.1. The molecule has 0 aliphatic carbocycles. The highest BCUT2D eigenvalue weighted by Gasteiger charge is 2.24. The molecule has 6 rings (SSSR count). The van der Waals surface area contributed by atoms with Crippen LogP contribution >= 0.6 is 0 Å². The van der Waals surface area contributed by atoms with E-state index in [9.17, 15) is 18.7 Å². The summed E-state index contributed by atoms with van der Waals surface area (Å²) in [7, 11) is 1.89. The van der Waals surface area contributed by atoms with Crippen LogP contribution in [0.15, 0.2) is 54.6 Å². The van der Waals surface area contributed by atoms with Crippen LogP contribution in [-0.4, -0.2) is 61.6 Å². The van der Waals surface area contributed by atoms with Crippen LogP contribution in [0.2, 0.25) is 0 Å². The number of anilines is 1. The summed E-state index contributed by atoms with van der Waals surface area (Å²) in [5.74, 6) is -0.375. The van der Waals surface area contributed by atoms with Crippen LogP contribution in [0.1, 0.15) is 34.8 Å². The zero-order valence-corrected chi connectivity index (χ0v) is 20.9. The van der Waals surface area contributed by atoms with E-state index in [2.05, 4.69) is 14.9 Å². The lowest BCUT2D eigenvalue weighted by Gasteiger charge is -2.36. The quantitative estimate of drug-likeness (QED) is 0.366. The predicted octanol–water partition coefficient (Wildman–Crippen LogP) is 4.55. The fraction of sp³-hybridized carbons (Fsp3) is 0.250. The predicted molar refractivity (Wildman–Crippen MR) is 140 cm³/mol. The van der Waals surface area contributed by atoms with Gasteiger partial charge in [0, 0.05) is 56.6 Å². The van der Waals surface area contributed by atoms with Crippen LogP contribution in [0.25, 0.3) is 22.1 Å². The number of amides is 1. The van der Waals surface area contributed by atoms with Gasteiger partial charge in [-0.15, -0.1) is 0 Å². The molecule has 0 bridgehead atoms. The van der Waals surface area contributed by atoms with Crippen LogP contribution in [0.5, 0.6) is 5.75 Å². The number of phenolic OH excluding ortho intramolecular Hbond substituents is 1. The molecule has 38 heavy (non-hydrogen) atoms. The van der Waals surface area contributed by atoms with E-state index >= 15 is 0 Å². The molecule has 1 saturated heterocycles. The Balaban J connectivity index is 1.22. The van der Waals surface area contributed by atoms with Crippen molar-refractivity contribution >= 4 is 33.7 Å². The zero-order valence-electron chi connectivity index (χ0n) is 20.9. The molecule has 1 aliphatic rings. The Hall–Kier alpha value is -4.47. The van der Waals surface area contributed by atoms with Crippen molar-refractivity contribution in [1.82, 2.24) is 24.4 Å². The number of nitrogens with one attached hydrogen (secondary N) is 1. The van der Waals surface area contributed by atoms with Gasteiger partial charge in [0.1, 0.15) is 17.5 Å². The molecule has 5 aromatic rings. The molecule has 3 heterocycles. The summed E-state index contributed by atoms with van der Waals surface area (Å²) in [6, 6.07) is 14.4. The van der Waals surface area contributed by atoms with Crippen molar-refractivity contribution in [2.45, 2.75) is 12.8 Å². The summed E-state index contributed by atoms with van der Waals surface area (Å²) in [5.41, 5.74) is 4.08. The first-order valence-electron chi connectivity index (χ1n) is 12.4. The molecule has 8 nitrogen and oxygen atoms in total. The van der Waals surface area contributed by atoms with Gasteiger partial charge in [-0.05, 0) is 49.4 Å². The van der Waals surface area contributed by atoms with Gasteiger partial charge < -0.3 is 24.5 Å². The molecule has 3 aromatic carbocycles. The van der Waals surface area contributed by atoms with Gasteiger partial charge in [0.05, 0.1) is 28.0 Å². The van der Waals surface area contributed by atoms with Crippen LogP contribution in [-0.2, 0) is 7.05 Å². The van der Waals surface area contributed by atoms with Gasteiger partial charge in [0.25, 0.3) is 5.91 Å². The number of halogens is 2. The van der Waals surface area contributed by atoms with E-state index in [1.807, 2.05) is 35.6 Å². The third-order valence-electron chi connectivity index (χ3n) is 7.29. The minimum absolute atomic E-state index is 0.0411. The number of H-pyrrole nitrogens is 1. The number of carbonyl (C=O) groups excluding carboxylic acids is 1. The Morgan fingerprint density at radius 2 is 1.71 bits per heavy atom. The Morgan fingerprint density at radius 1 is 0.974 bits per heavy atom. The summed E-state index contributed by atoms with van der Waals surface area (Å²) in [6.07, 6.45) is 0. The standard InChI is InChI=1S/C28H26F2N6O2/c1-16(26-31-22-14-20(30)25(37)15-23(22)32-26)27-33-21-8-3-17(13-24(21)34(27)2)28(38)36-11-9-35(10-12-36)19-6-4-18(29)5-7-19/h3-8,13-16,37H,9-12H2,1-2H3,(H,31,32). The summed E-state index contributed by atoms with van der Waals surface area (Å²) in [5, 5.41) is 9.67. The van der Waals surface area contributed by atoms with Crippen molar-refractivity contribution in [1.29, 1.82) is 0 Å². The highest BCUT2D eigenvalue weighted by atomic mass is 19.1. The number of hydrogen-bond acceptors (Lipinski definition) is 5. The maximum atomic E-state index is 13.8. The van der Waals surface area contributed by atoms with E-state index < -0.39 is 11.6 Å². The molecule has 10 heteroatoms. The molecule has 1 atom stereocenters. The number of benzene rings is 3. The fourth-order valence-corrected chi connectivity index (χ4v) is 5.10. The van der Waals surface area contributed by atoms with Gasteiger partial charge in [-0.1, -0.05) is 0 Å². The second-order valence-corrected chi connectivity index (χ2v) is 9.65. The van der Waals surface area contributed by atoms with Gasteiger partial charge in [0.15, 0.2) is 11.6 Å². The number of piperazine rings is 1. The van der Waals surface area contributed by atoms with Crippen molar-refractivity contribution in [3.05, 3.63) is 83.4 Å². The SMILES string of the molecule is CC(c1nc2cc(O)c(F)cc2[nH]1)c1nc2ccc(C(=O)N3CCN(c4ccc(F)cc4)CC3)cc2n1C. The highest BCUT2D eigenvalue weighted by Crippen LogP contribution is 2.29. The lowest BCUT2D eigenvalue weighted by Crippen LogP contribution is -2.48. The number of rotatable bonds is 4. The van der Waals surface area contributed by atoms with Gasteiger partial charge in [-0.3, -0.25) is 4.79 Å². The maximum Gasteiger partial charge on any atom is 0.254 e. The molecular weight excluding hydrogens is 490 g/mol. The number of aryl methyl sites for hydroxylation is 1. The van der Waals surface area contributed by atoms with Crippen LogP contribution in [0.4, 0.5) is 14.5 Å². The minimum atomic E-state index is -0.711. The topological polar surface area (TPSA) is 90.3 Å². The molecule has 2 N–H and O–H groups in total. The first kappa shape index (κ1) is 23.9. The van der Waals surface area contributed by atoms with E-state index in [1.165, 1.54) is 24.3 Å². The molecule has 2 aromatic heterocycles. The molecule has 0 spiro atoms. The summed E-state index contributed by atoms with van der Waals surface area (Å²) in [4.78, 5) is 29.7. The molecule has 1 unspecified atom stereocenters. The van der Waals surface area contributed by atoms with Crippen molar-refractivity contribution in [2.75, 3.05) is 31.1 Å². The smallest absolute Gasteiger partial charge is 0.254 e. The van der Waals surface area contributed by atoms with Gasteiger partial charge in [-0.2, -0.15) is 0 Å². The second-order valence-electron chi connectivity index (χ2n) is 9.65. The first-order valence-corrected chi connectivity index (χ1v) is 12.4. The van der Waals surface area contributed by atoms with E-state index in [-0.39, 0.29) is 17.6 Å². The average molecular weight is 517 g/mol. The highest BCUT2D eigenvalue weighted by molar-refractivity contribution is 5.97. The normalized spacial score (nSPS) is 14.9. The molecular formula is C28H26F2N6O2. The number of imidazole rings is 2. The van der Waals surface area contributed by atoms with Crippen LogP contribution in [0, 0.1) is 11.6 Å². The maximum absolute atomic E-state index is 13.8. The van der Waals surface area contributed by atoms with Gasteiger partial charge in [0.2, 0.25) is 0 Å². The van der Waals surface area contributed by atoms with Crippen molar-refractivity contribution in [3.8, 4) is 5.75 Å². The average Bonchev–Trinajstić information content (AvgIpc) is 3.49. The second kappa shape index (κ2) is 9.13. The number of nitrogens with zero attached hydrogens (tertiary/aromatic N) is 5. The van der Waals surface area contributed by atoms with E-state index in [0.717, 1.165) is 22.5 Å². The fourth-order valence-electron chi connectivity index (χ4n) is 5.10. The summed E-state index contributed by atoms with van der Waals surface area (Å²) < 4.78 is 29.0. The van der Waals surface area contributed by atoms with E-state index in [4.69, 9.17) is 4.98 Å². The number of hydrogen-bond donors (Lipinski definition) is 2. The van der Waals surface area contributed by atoms with Gasteiger partial charge in [-0.25, -0.2) is 18.7 Å². The number of phenols is 1. The molecule has 1 fully saturated rings. The van der Waals surface area contributed by atoms with Crippen LogP contribution < -0.4 is 4.90 Å². The lowest BCUT2D eigenvalue weighted by molar-refractivity contribution is 0.0747. The van der Waals surface area contributed by atoms with Crippen molar-refractivity contribution < 1.29 is 18.7 Å². The Bertz CT molecular complexity index is 1630. The monoisotopic (exact) mass is 516 g/mol. The minimum Gasteiger partial charge on any atom is -0.505 e. The van der Waals surface area contributed by atoms with Crippen molar-refractivity contribution in [3.63, 3.8) is 0 Å². The molecule has 0 radical (unpaired) electrons. The third-order valence-corrected chi connectivity index (χ3v) is 7.29. The summed E-state index contributed by atoms with van der Waals surface area (Å²) in [6.45, 7) is 4.44. The van der Waals surface area contributed by atoms with Gasteiger partial charge >= 0.3 is 0 Å². The van der Waals surface area contributed by atoms with Crippen LogP contribution in [0.3, 0.4) is 0 Å². The molecule has 0 saturated carbocycles. The molecule has 1 amide bonds. The first-order chi connectivity index (χ1) is 18.3. The number of carbonyl (C=O) groups is 1. The largest absolute Gasteiger partial charge is 0.505 e. The summed E-state index contributed by atoms with van der Waals surface area (Å²) >= 11 is 0. The number of aromatic amines is 1. The molecule has 1 aliphatic heterocycles. The third kappa shape index (κ3) is 4.11. The molecule has 194 valence electrons. The van der Waals surface area contributed by atoms with E-state index in [1.54, 1.807) is 18.2 Å². The number of fused-ring (bicyclic) bond motifs is 2. The van der Waals surface area contributed by atoms with Crippen molar-refractivity contribution in [2.24, 2.45) is 7.05 Å². The number of aromatic hydroxyl groups is 1. The zero-order chi connectivity index (χ0) is 26.6. The Labute approximate surface area is 217 Å². The Morgan fingerprint density at radius 3 is 2.45 bits per heavy atom. The van der Waals surface area contributed by atoms with E-state index in [0.29, 0.717) is 48.6 Å². The Kier molecular flexibility index (Phi) is 5.74.